The number of rotatable bonds is 8. The molecule has 1 amide bonds. The summed E-state index contributed by atoms with van der Waals surface area (Å²) in [4.78, 5) is 21.4. The average Bonchev–Trinajstić information content (AvgIpc) is 2.92. The molecule has 5 nitrogen and oxygen atoms in total. The molecule has 0 spiro atoms. The molecular formula is C17H23N3O2S. The number of ether oxygens (including phenoxy) is 1. The molecule has 0 fully saturated rings. The third-order valence-corrected chi connectivity index (χ3v) is 4.49. The van der Waals surface area contributed by atoms with Crippen LogP contribution in [-0.4, -0.2) is 22.4 Å². The van der Waals surface area contributed by atoms with Gasteiger partial charge in [0.25, 0.3) is 5.91 Å². The minimum atomic E-state index is -0.0423. The van der Waals surface area contributed by atoms with E-state index in [1.807, 2.05) is 26.0 Å². The summed E-state index contributed by atoms with van der Waals surface area (Å²) in [5.74, 6) is 0.661. The number of hydrogen-bond acceptors (Lipinski definition) is 5. The third-order valence-electron chi connectivity index (χ3n) is 3.36. The molecule has 124 valence electrons. The topological polar surface area (TPSA) is 64.1 Å². The molecule has 0 aromatic carbocycles. The van der Waals surface area contributed by atoms with Gasteiger partial charge in [0.2, 0.25) is 0 Å². The van der Waals surface area contributed by atoms with Gasteiger partial charge < -0.3 is 10.1 Å². The summed E-state index contributed by atoms with van der Waals surface area (Å²) in [7, 11) is 0. The highest BCUT2D eigenvalue weighted by molar-refractivity contribution is 7.13. The van der Waals surface area contributed by atoms with Crippen molar-refractivity contribution in [1.82, 2.24) is 15.3 Å². The fraction of sp³-hybridized carbons (Fsp3) is 0.471. The van der Waals surface area contributed by atoms with Crippen LogP contribution in [0.3, 0.4) is 0 Å². The molecule has 2 heterocycles. The van der Waals surface area contributed by atoms with Gasteiger partial charge in [0.05, 0.1) is 11.9 Å². The summed E-state index contributed by atoms with van der Waals surface area (Å²) in [6.45, 7) is 6.99. The number of aryl methyl sites for hydroxylation is 2. The Hall–Kier alpha value is -1.95. The monoisotopic (exact) mass is 333 g/mol. The van der Waals surface area contributed by atoms with Gasteiger partial charge in [-0.25, -0.2) is 4.98 Å². The van der Waals surface area contributed by atoms with E-state index in [1.54, 1.807) is 6.20 Å². The maximum atomic E-state index is 12.2. The second-order valence-electron chi connectivity index (χ2n) is 5.41. The molecule has 1 N–H and O–H groups in total. The second-order valence-corrected chi connectivity index (χ2v) is 6.49. The summed E-state index contributed by atoms with van der Waals surface area (Å²) in [6.07, 6.45) is 4.98. The summed E-state index contributed by atoms with van der Waals surface area (Å²) in [6, 6.07) is 3.78. The molecule has 2 rings (SSSR count). The van der Waals surface area contributed by atoms with Crippen molar-refractivity contribution in [3.63, 3.8) is 0 Å². The Bertz CT molecular complexity index is 638. The first kappa shape index (κ1) is 17.4. The van der Waals surface area contributed by atoms with E-state index in [4.69, 9.17) is 4.74 Å². The highest BCUT2D eigenvalue weighted by Crippen LogP contribution is 2.20. The Labute approximate surface area is 141 Å². The zero-order valence-corrected chi connectivity index (χ0v) is 14.7. The van der Waals surface area contributed by atoms with Crippen molar-refractivity contribution < 1.29 is 9.53 Å². The fourth-order valence-electron chi connectivity index (χ4n) is 2.07. The molecule has 0 saturated carbocycles. The molecule has 0 bridgehead atoms. The molecular weight excluding hydrogens is 310 g/mol. The van der Waals surface area contributed by atoms with Gasteiger partial charge in [0, 0.05) is 12.2 Å². The number of amides is 1. The van der Waals surface area contributed by atoms with Crippen LogP contribution in [0.25, 0.3) is 0 Å². The fourth-order valence-corrected chi connectivity index (χ4v) is 2.96. The Kier molecular flexibility index (Phi) is 6.52. The van der Waals surface area contributed by atoms with Crippen LogP contribution in [0.15, 0.2) is 18.3 Å². The molecule has 0 aliphatic heterocycles. The Morgan fingerprint density at radius 3 is 2.83 bits per heavy atom. The van der Waals surface area contributed by atoms with Gasteiger partial charge in [-0.05, 0) is 32.4 Å². The Balaban J connectivity index is 1.89. The molecule has 0 unspecified atom stereocenters. The van der Waals surface area contributed by atoms with Crippen molar-refractivity contribution in [3.05, 3.63) is 39.6 Å². The average molecular weight is 333 g/mol. The van der Waals surface area contributed by atoms with Gasteiger partial charge in [-0.1, -0.05) is 19.8 Å². The molecule has 0 atom stereocenters. The summed E-state index contributed by atoms with van der Waals surface area (Å²) < 4.78 is 5.66. The second kappa shape index (κ2) is 8.62. The van der Waals surface area contributed by atoms with E-state index in [1.165, 1.54) is 11.3 Å². The number of pyridine rings is 1. The normalized spacial score (nSPS) is 10.6. The number of hydrogen-bond donors (Lipinski definition) is 1. The number of unbranched alkanes of at least 4 members (excludes halogenated alkanes) is 2. The van der Waals surface area contributed by atoms with E-state index in [-0.39, 0.29) is 5.91 Å². The molecule has 0 saturated heterocycles. The van der Waals surface area contributed by atoms with Crippen molar-refractivity contribution in [2.45, 2.75) is 46.6 Å². The molecule has 6 heteroatoms. The highest BCUT2D eigenvalue weighted by atomic mass is 32.1. The largest absolute Gasteiger partial charge is 0.485 e. The maximum absolute atomic E-state index is 12.2. The number of carbonyl (C=O) groups is 1. The van der Waals surface area contributed by atoms with Gasteiger partial charge in [0.15, 0.2) is 0 Å². The van der Waals surface area contributed by atoms with Gasteiger partial charge in [-0.2, -0.15) is 0 Å². The number of carbonyl (C=O) groups excluding carboxylic acids is 1. The van der Waals surface area contributed by atoms with Gasteiger partial charge >= 0.3 is 0 Å². The first-order valence-electron chi connectivity index (χ1n) is 7.90. The number of nitrogens with one attached hydrogen (secondary N) is 1. The van der Waals surface area contributed by atoms with Crippen LogP contribution in [0.4, 0.5) is 0 Å². The molecule has 2 aromatic rings. The van der Waals surface area contributed by atoms with Gasteiger partial charge in [-0.15, -0.1) is 11.3 Å². The summed E-state index contributed by atoms with van der Waals surface area (Å²) >= 11 is 1.39. The third kappa shape index (κ3) is 5.32. The van der Waals surface area contributed by atoms with Crippen LogP contribution >= 0.6 is 11.3 Å². The van der Waals surface area contributed by atoms with E-state index < -0.39 is 0 Å². The quantitative estimate of drug-likeness (QED) is 0.749. The van der Waals surface area contributed by atoms with Crippen molar-refractivity contribution in [1.29, 1.82) is 0 Å². The van der Waals surface area contributed by atoms with E-state index in [2.05, 4.69) is 22.2 Å². The van der Waals surface area contributed by atoms with E-state index in [0.717, 1.165) is 35.7 Å². The van der Waals surface area contributed by atoms with Crippen molar-refractivity contribution in [3.8, 4) is 5.75 Å². The minimum absolute atomic E-state index is 0.0423. The lowest BCUT2D eigenvalue weighted by Crippen LogP contribution is -2.24. The zero-order chi connectivity index (χ0) is 16.7. The van der Waals surface area contributed by atoms with Crippen LogP contribution in [-0.2, 0) is 6.61 Å². The van der Waals surface area contributed by atoms with Crippen LogP contribution < -0.4 is 10.1 Å². The van der Waals surface area contributed by atoms with Crippen LogP contribution in [0.2, 0.25) is 0 Å². The Morgan fingerprint density at radius 2 is 2.13 bits per heavy atom. The standard InChI is InChI=1S/C17H23N3O2S/c1-4-5-6-9-18-17(21)16-13(3)20-15(23-16)11-22-14-8-7-12(2)19-10-14/h7-8,10H,4-6,9,11H2,1-3H3,(H,18,21). The van der Waals surface area contributed by atoms with Crippen molar-refractivity contribution in [2.75, 3.05) is 6.54 Å². The predicted molar refractivity (Wildman–Crippen MR) is 92.0 cm³/mol. The molecule has 0 aliphatic rings. The minimum Gasteiger partial charge on any atom is -0.485 e. The molecule has 0 radical (unpaired) electrons. The summed E-state index contributed by atoms with van der Waals surface area (Å²) in [5.41, 5.74) is 1.70. The molecule has 2 aromatic heterocycles. The summed E-state index contributed by atoms with van der Waals surface area (Å²) in [5, 5.41) is 3.74. The maximum Gasteiger partial charge on any atom is 0.263 e. The Morgan fingerprint density at radius 1 is 1.30 bits per heavy atom. The van der Waals surface area contributed by atoms with Gasteiger partial charge in [-0.3, -0.25) is 9.78 Å². The van der Waals surface area contributed by atoms with E-state index >= 15 is 0 Å². The first-order chi connectivity index (χ1) is 11.1. The van der Waals surface area contributed by atoms with Crippen LogP contribution in [0.1, 0.15) is 52.3 Å². The smallest absolute Gasteiger partial charge is 0.263 e. The highest BCUT2D eigenvalue weighted by Gasteiger charge is 2.15. The van der Waals surface area contributed by atoms with E-state index in [9.17, 15) is 4.79 Å². The number of aromatic nitrogens is 2. The number of nitrogens with zero attached hydrogens (tertiary/aromatic N) is 2. The SMILES string of the molecule is CCCCCNC(=O)c1sc(COc2ccc(C)nc2)nc1C. The molecule has 23 heavy (non-hydrogen) atoms. The first-order valence-corrected chi connectivity index (χ1v) is 8.71. The lowest BCUT2D eigenvalue weighted by molar-refractivity contribution is 0.0956. The van der Waals surface area contributed by atoms with Crippen LogP contribution in [0, 0.1) is 13.8 Å². The number of thiazole rings is 1. The van der Waals surface area contributed by atoms with E-state index in [0.29, 0.717) is 23.8 Å². The predicted octanol–water partition coefficient (Wildman–Crippen LogP) is 3.65. The van der Waals surface area contributed by atoms with Gasteiger partial charge in [0.1, 0.15) is 22.2 Å². The van der Waals surface area contributed by atoms with Crippen molar-refractivity contribution >= 4 is 17.2 Å². The zero-order valence-electron chi connectivity index (χ0n) is 13.9. The lowest BCUT2D eigenvalue weighted by Gasteiger charge is -2.03. The van der Waals surface area contributed by atoms with Crippen LogP contribution in [0.5, 0.6) is 5.75 Å². The lowest BCUT2D eigenvalue weighted by atomic mass is 10.2. The molecule has 0 aliphatic carbocycles. The van der Waals surface area contributed by atoms with Crippen molar-refractivity contribution in [2.24, 2.45) is 0 Å².